The molecule has 1 aromatic heterocycles. The Morgan fingerprint density at radius 1 is 1.03 bits per heavy atom. The summed E-state index contributed by atoms with van der Waals surface area (Å²) >= 11 is 0. The second-order valence-electron chi connectivity index (χ2n) is 8.06. The van der Waals surface area contributed by atoms with Crippen LogP contribution in [0, 0.1) is 0 Å². The third-order valence-electron chi connectivity index (χ3n) is 5.39. The van der Waals surface area contributed by atoms with Crippen LogP contribution in [0.4, 0.5) is 5.82 Å². The highest BCUT2D eigenvalue weighted by Crippen LogP contribution is 2.30. The number of nitrogen functional groups attached to an aromatic ring is 1. The van der Waals surface area contributed by atoms with E-state index in [0.29, 0.717) is 29.3 Å². The molecule has 0 bridgehead atoms. The van der Waals surface area contributed by atoms with Crippen LogP contribution in [0.3, 0.4) is 0 Å². The molecule has 0 saturated heterocycles. The number of nitrogens with zero attached hydrogens (tertiary/aromatic N) is 3. The van der Waals surface area contributed by atoms with E-state index < -0.39 is 0 Å². The van der Waals surface area contributed by atoms with E-state index in [0.717, 1.165) is 34.2 Å². The van der Waals surface area contributed by atoms with Crippen molar-refractivity contribution >= 4 is 22.5 Å². The van der Waals surface area contributed by atoms with Crippen molar-refractivity contribution in [1.82, 2.24) is 20.2 Å². The van der Waals surface area contributed by atoms with Crippen LogP contribution in [0.15, 0.2) is 66.9 Å². The zero-order chi connectivity index (χ0) is 23.4. The number of amides is 1. The van der Waals surface area contributed by atoms with Crippen LogP contribution < -0.4 is 15.8 Å². The van der Waals surface area contributed by atoms with Crippen molar-refractivity contribution in [1.29, 1.82) is 0 Å². The van der Waals surface area contributed by atoms with Gasteiger partial charge in [-0.25, -0.2) is 9.97 Å². The summed E-state index contributed by atoms with van der Waals surface area (Å²) in [4.78, 5) is 23.7. The van der Waals surface area contributed by atoms with Gasteiger partial charge in [0.1, 0.15) is 17.3 Å². The van der Waals surface area contributed by atoms with Crippen LogP contribution in [-0.4, -0.2) is 55.1 Å². The molecule has 0 aliphatic carbocycles. The van der Waals surface area contributed by atoms with E-state index >= 15 is 0 Å². The van der Waals surface area contributed by atoms with E-state index in [4.69, 9.17) is 15.5 Å². The average Bonchev–Trinajstić information content (AvgIpc) is 2.83. The normalized spacial score (nSPS) is 11.0. The average molecular weight is 442 g/mol. The molecule has 0 unspecified atom stereocenters. The number of anilines is 1. The predicted octanol–water partition coefficient (Wildman–Crippen LogP) is 3.85. The molecule has 3 N–H and O–H groups in total. The van der Waals surface area contributed by atoms with E-state index in [-0.39, 0.29) is 5.91 Å². The van der Waals surface area contributed by atoms with Crippen LogP contribution >= 0.6 is 0 Å². The summed E-state index contributed by atoms with van der Waals surface area (Å²) in [6.07, 6.45) is 1.63. The van der Waals surface area contributed by atoms with E-state index in [1.807, 2.05) is 73.6 Å². The molecule has 0 saturated carbocycles. The number of aromatic nitrogens is 2. The first-order valence-electron chi connectivity index (χ1n) is 10.7. The first-order valence-corrected chi connectivity index (χ1v) is 10.7. The maximum atomic E-state index is 12.5. The molecule has 0 atom stereocenters. The highest BCUT2D eigenvalue weighted by molar-refractivity contribution is 5.95. The van der Waals surface area contributed by atoms with E-state index in [1.54, 1.807) is 19.4 Å². The Hall–Kier alpha value is -3.97. The van der Waals surface area contributed by atoms with Crippen molar-refractivity contribution in [2.24, 2.45) is 0 Å². The lowest BCUT2D eigenvalue weighted by molar-refractivity contribution is 0.0951. The number of fused-ring (bicyclic) bond motifs is 1. The van der Waals surface area contributed by atoms with Crippen LogP contribution in [0.2, 0.25) is 0 Å². The third-order valence-corrected chi connectivity index (χ3v) is 5.39. The molecule has 1 heterocycles. The summed E-state index contributed by atoms with van der Waals surface area (Å²) in [6, 6.07) is 19.3. The van der Waals surface area contributed by atoms with Gasteiger partial charge < -0.3 is 20.7 Å². The first kappa shape index (κ1) is 22.2. The number of ether oxygens (including phenoxy) is 1. The molecule has 7 nitrogen and oxygen atoms in total. The number of carbonyl (C=O) groups is 1. The van der Waals surface area contributed by atoms with Gasteiger partial charge in [0.25, 0.3) is 5.91 Å². The summed E-state index contributed by atoms with van der Waals surface area (Å²) in [6.45, 7) is 1.35. The minimum Gasteiger partial charge on any atom is -0.497 e. The minimum absolute atomic E-state index is 0.118. The van der Waals surface area contributed by atoms with Crippen molar-refractivity contribution in [3.05, 3.63) is 72.4 Å². The molecule has 4 rings (SSSR count). The number of carbonyl (C=O) groups excluding carboxylic acids is 1. The molecule has 33 heavy (non-hydrogen) atoms. The number of hydrogen-bond acceptors (Lipinski definition) is 6. The predicted molar refractivity (Wildman–Crippen MR) is 132 cm³/mol. The molecule has 0 radical (unpaired) electrons. The van der Waals surface area contributed by atoms with Crippen molar-refractivity contribution in [2.75, 3.05) is 40.0 Å². The topological polar surface area (TPSA) is 93.4 Å². The van der Waals surface area contributed by atoms with E-state index in [2.05, 4.69) is 10.3 Å². The van der Waals surface area contributed by atoms with Crippen molar-refractivity contribution in [2.45, 2.75) is 0 Å². The van der Waals surface area contributed by atoms with Gasteiger partial charge in [0.2, 0.25) is 0 Å². The van der Waals surface area contributed by atoms with Gasteiger partial charge in [0.15, 0.2) is 0 Å². The van der Waals surface area contributed by atoms with Gasteiger partial charge in [0, 0.05) is 29.8 Å². The molecule has 168 valence electrons. The second-order valence-corrected chi connectivity index (χ2v) is 8.06. The minimum atomic E-state index is -0.118. The zero-order valence-corrected chi connectivity index (χ0v) is 19.0. The Morgan fingerprint density at radius 2 is 1.82 bits per heavy atom. The van der Waals surface area contributed by atoms with Crippen LogP contribution in [-0.2, 0) is 0 Å². The fraction of sp³-hybridized carbons (Fsp3) is 0.192. The van der Waals surface area contributed by atoms with Gasteiger partial charge in [0.05, 0.1) is 19.0 Å². The lowest BCUT2D eigenvalue weighted by Gasteiger charge is -2.11. The molecule has 0 fully saturated rings. The highest BCUT2D eigenvalue weighted by Gasteiger charge is 2.12. The first-order chi connectivity index (χ1) is 15.9. The number of nitrogens with two attached hydrogens (primary N) is 1. The quantitative estimate of drug-likeness (QED) is 0.453. The van der Waals surface area contributed by atoms with Crippen LogP contribution in [0.5, 0.6) is 5.75 Å². The molecule has 7 heteroatoms. The maximum absolute atomic E-state index is 12.5. The lowest BCUT2D eigenvalue weighted by Crippen LogP contribution is -2.31. The standard InChI is InChI=1S/C26H27N5O2/c1-31(2)12-11-28-26(32)21-6-4-5-19(14-21)23-16-29-25(27)24(30-23)20-8-7-18-15-22(33-3)10-9-17(18)13-20/h4-10,13-16H,11-12H2,1-3H3,(H2,27,29)(H,28,32). The largest absolute Gasteiger partial charge is 0.497 e. The van der Waals surface area contributed by atoms with Crippen molar-refractivity contribution in [3.63, 3.8) is 0 Å². The van der Waals surface area contributed by atoms with Gasteiger partial charge >= 0.3 is 0 Å². The van der Waals surface area contributed by atoms with Crippen molar-refractivity contribution < 1.29 is 9.53 Å². The van der Waals surface area contributed by atoms with Crippen LogP contribution in [0.1, 0.15) is 10.4 Å². The number of hydrogen-bond donors (Lipinski definition) is 2. The number of methoxy groups -OCH3 is 1. The van der Waals surface area contributed by atoms with E-state index in [1.165, 1.54) is 0 Å². The number of nitrogens with one attached hydrogen (secondary N) is 1. The Balaban J connectivity index is 1.64. The maximum Gasteiger partial charge on any atom is 0.251 e. The molecule has 3 aromatic carbocycles. The summed E-state index contributed by atoms with van der Waals surface area (Å²) in [7, 11) is 5.59. The Morgan fingerprint density at radius 3 is 2.61 bits per heavy atom. The Kier molecular flexibility index (Phi) is 6.51. The summed E-state index contributed by atoms with van der Waals surface area (Å²) < 4.78 is 5.31. The van der Waals surface area contributed by atoms with Crippen molar-refractivity contribution in [3.8, 4) is 28.3 Å². The molecule has 0 spiro atoms. The Bertz CT molecular complexity index is 1300. The number of likely N-dealkylation sites (N-methyl/N-ethyl adjacent to an activating group) is 1. The number of benzene rings is 3. The second kappa shape index (κ2) is 9.67. The Labute approximate surface area is 193 Å². The fourth-order valence-corrected chi connectivity index (χ4v) is 3.56. The summed E-state index contributed by atoms with van der Waals surface area (Å²) in [5.74, 6) is 1.04. The summed E-state index contributed by atoms with van der Waals surface area (Å²) in [5.41, 5.74) is 9.69. The fourth-order valence-electron chi connectivity index (χ4n) is 3.56. The summed E-state index contributed by atoms with van der Waals surface area (Å²) in [5, 5.41) is 5.05. The van der Waals surface area contributed by atoms with E-state index in [9.17, 15) is 4.79 Å². The molecular weight excluding hydrogens is 414 g/mol. The zero-order valence-electron chi connectivity index (χ0n) is 19.0. The molecule has 0 aliphatic heterocycles. The molecule has 0 aliphatic rings. The van der Waals surface area contributed by atoms with Gasteiger partial charge in [-0.05, 0) is 55.2 Å². The van der Waals surface area contributed by atoms with Gasteiger partial charge in [-0.15, -0.1) is 0 Å². The highest BCUT2D eigenvalue weighted by atomic mass is 16.5. The SMILES string of the molecule is COc1ccc2cc(-c3nc(-c4cccc(C(=O)NCCN(C)C)c4)cnc3N)ccc2c1. The van der Waals surface area contributed by atoms with Gasteiger partial charge in [-0.2, -0.15) is 0 Å². The third kappa shape index (κ3) is 5.10. The molecular formula is C26H27N5O2. The van der Waals surface area contributed by atoms with Gasteiger partial charge in [-0.3, -0.25) is 4.79 Å². The molecule has 1 amide bonds. The monoisotopic (exact) mass is 441 g/mol. The lowest BCUT2D eigenvalue weighted by atomic mass is 10.0. The van der Waals surface area contributed by atoms with Crippen LogP contribution in [0.25, 0.3) is 33.3 Å². The van der Waals surface area contributed by atoms with Gasteiger partial charge in [-0.1, -0.05) is 30.3 Å². The number of rotatable bonds is 7. The molecule has 4 aromatic rings. The smallest absolute Gasteiger partial charge is 0.251 e.